The van der Waals surface area contributed by atoms with Gasteiger partial charge in [-0.15, -0.1) is 0 Å². The number of ether oxygens (including phenoxy) is 2. The zero-order valence-electron chi connectivity index (χ0n) is 17.7. The molecule has 3 aromatic rings. The van der Waals surface area contributed by atoms with Crippen molar-refractivity contribution >= 4 is 23.2 Å². The molecule has 3 aromatic carbocycles. The van der Waals surface area contributed by atoms with Gasteiger partial charge in [-0.05, 0) is 61.5 Å². The molecule has 0 aliphatic rings. The van der Waals surface area contributed by atoms with Gasteiger partial charge < -0.3 is 19.7 Å². The van der Waals surface area contributed by atoms with Gasteiger partial charge in [0.2, 0.25) is 0 Å². The van der Waals surface area contributed by atoms with Gasteiger partial charge in [0.15, 0.2) is 0 Å². The molecule has 6 heteroatoms. The van der Waals surface area contributed by atoms with Crippen LogP contribution in [0.15, 0.2) is 78.9 Å². The highest BCUT2D eigenvalue weighted by Crippen LogP contribution is 2.18. The van der Waals surface area contributed by atoms with Crippen LogP contribution in [0.3, 0.4) is 0 Å². The first-order chi connectivity index (χ1) is 15.1. The second kappa shape index (κ2) is 10.9. The summed E-state index contributed by atoms with van der Waals surface area (Å²) in [5.41, 5.74) is 2.44. The van der Waals surface area contributed by atoms with E-state index in [4.69, 9.17) is 9.47 Å². The van der Waals surface area contributed by atoms with Gasteiger partial charge in [0.05, 0.1) is 6.61 Å². The van der Waals surface area contributed by atoms with Crippen molar-refractivity contribution in [1.29, 1.82) is 0 Å². The average Bonchev–Trinajstić information content (AvgIpc) is 2.82. The molecule has 0 saturated heterocycles. The number of rotatable bonds is 9. The van der Waals surface area contributed by atoms with Gasteiger partial charge in [-0.25, -0.2) is 0 Å². The van der Waals surface area contributed by atoms with Crippen LogP contribution in [-0.2, 0) is 4.74 Å². The normalized spacial score (nSPS) is 10.4. The molecule has 0 saturated carbocycles. The summed E-state index contributed by atoms with van der Waals surface area (Å²) < 4.78 is 10.8. The Labute approximate surface area is 182 Å². The molecule has 3 rings (SSSR count). The van der Waals surface area contributed by atoms with E-state index < -0.39 is 0 Å². The molecule has 0 aliphatic carbocycles. The number of hydrogen-bond acceptors (Lipinski definition) is 4. The lowest BCUT2D eigenvalue weighted by molar-refractivity contribution is 0.0991. The number of nitrogens with one attached hydrogen (secondary N) is 1. The summed E-state index contributed by atoms with van der Waals surface area (Å²) in [6.45, 7) is 3.48. The molecule has 0 heterocycles. The summed E-state index contributed by atoms with van der Waals surface area (Å²) in [5.74, 6) is 0.231. The maximum absolute atomic E-state index is 12.7. The second-order valence-corrected chi connectivity index (χ2v) is 6.80. The van der Waals surface area contributed by atoms with Crippen molar-refractivity contribution in [1.82, 2.24) is 0 Å². The third-order valence-electron chi connectivity index (χ3n) is 4.63. The van der Waals surface area contributed by atoms with Gasteiger partial charge in [0, 0.05) is 36.2 Å². The number of carbonyl (C=O) groups excluding carboxylic acids is 2. The van der Waals surface area contributed by atoms with Crippen LogP contribution in [0.25, 0.3) is 0 Å². The Balaban J connectivity index is 1.60. The van der Waals surface area contributed by atoms with Crippen LogP contribution in [0, 0.1) is 0 Å². The van der Waals surface area contributed by atoms with Crippen LogP contribution in [0.2, 0.25) is 0 Å². The summed E-state index contributed by atoms with van der Waals surface area (Å²) in [7, 11) is 1.73. The highest BCUT2D eigenvalue weighted by atomic mass is 16.5. The first-order valence-corrected chi connectivity index (χ1v) is 10.1. The van der Waals surface area contributed by atoms with E-state index in [0.29, 0.717) is 42.4 Å². The highest BCUT2D eigenvalue weighted by Gasteiger charge is 2.14. The molecule has 0 aliphatic heterocycles. The van der Waals surface area contributed by atoms with E-state index in [1.54, 1.807) is 60.5 Å². The minimum Gasteiger partial charge on any atom is -0.491 e. The fourth-order valence-corrected chi connectivity index (χ4v) is 2.95. The SMILES string of the molecule is CCOCCOc1cccc(C(=O)Nc2ccc(C(=O)N(C)c3ccccc3)cc2)c1. The Bertz CT molecular complexity index is 1000. The second-order valence-electron chi connectivity index (χ2n) is 6.80. The third kappa shape index (κ3) is 6.17. The quantitative estimate of drug-likeness (QED) is 0.515. The van der Waals surface area contributed by atoms with Crippen LogP contribution in [-0.4, -0.2) is 38.7 Å². The van der Waals surface area contributed by atoms with Gasteiger partial charge in [-0.1, -0.05) is 24.3 Å². The summed E-state index contributed by atoms with van der Waals surface area (Å²) in [5, 5.41) is 2.84. The van der Waals surface area contributed by atoms with Gasteiger partial charge in [-0.3, -0.25) is 9.59 Å². The number of anilines is 2. The lowest BCUT2D eigenvalue weighted by atomic mass is 10.1. The third-order valence-corrected chi connectivity index (χ3v) is 4.63. The predicted octanol–water partition coefficient (Wildman–Crippen LogP) is 4.63. The molecule has 0 radical (unpaired) electrons. The summed E-state index contributed by atoms with van der Waals surface area (Å²) >= 11 is 0. The summed E-state index contributed by atoms with van der Waals surface area (Å²) in [6.07, 6.45) is 0. The topological polar surface area (TPSA) is 67.9 Å². The Morgan fingerprint density at radius 3 is 2.32 bits per heavy atom. The van der Waals surface area contributed by atoms with Crippen LogP contribution < -0.4 is 15.0 Å². The largest absolute Gasteiger partial charge is 0.491 e. The molecule has 0 unspecified atom stereocenters. The van der Waals surface area contributed by atoms with E-state index in [1.807, 2.05) is 37.3 Å². The molecule has 2 amide bonds. The van der Waals surface area contributed by atoms with E-state index >= 15 is 0 Å². The molecule has 0 fully saturated rings. The number of benzene rings is 3. The Morgan fingerprint density at radius 2 is 1.61 bits per heavy atom. The van der Waals surface area contributed by atoms with Crippen LogP contribution in [0.1, 0.15) is 27.6 Å². The molecule has 0 spiro atoms. The first-order valence-electron chi connectivity index (χ1n) is 10.1. The fraction of sp³-hybridized carbons (Fsp3) is 0.200. The Kier molecular flexibility index (Phi) is 7.79. The number of amides is 2. The molecule has 0 atom stereocenters. The fourth-order valence-electron chi connectivity index (χ4n) is 2.95. The summed E-state index contributed by atoms with van der Waals surface area (Å²) in [4.78, 5) is 26.9. The molecule has 0 bridgehead atoms. The standard InChI is InChI=1S/C25H26N2O4/c1-3-30-16-17-31-23-11-7-8-20(18-23)24(28)26-21-14-12-19(13-15-21)25(29)27(2)22-9-5-4-6-10-22/h4-15,18H,3,16-17H2,1-2H3,(H,26,28). The summed E-state index contributed by atoms with van der Waals surface area (Å²) in [6, 6.07) is 23.2. The molecule has 31 heavy (non-hydrogen) atoms. The molecule has 6 nitrogen and oxygen atoms in total. The zero-order valence-corrected chi connectivity index (χ0v) is 17.7. The maximum Gasteiger partial charge on any atom is 0.258 e. The highest BCUT2D eigenvalue weighted by molar-refractivity contribution is 6.07. The van der Waals surface area contributed by atoms with Crippen molar-refractivity contribution in [3.05, 3.63) is 90.0 Å². The first kappa shape index (κ1) is 22.1. The van der Waals surface area contributed by atoms with Crippen molar-refractivity contribution in [3.8, 4) is 5.75 Å². The molecule has 1 N–H and O–H groups in total. The molecule has 0 aromatic heterocycles. The smallest absolute Gasteiger partial charge is 0.258 e. The van der Waals surface area contributed by atoms with Gasteiger partial charge in [-0.2, -0.15) is 0 Å². The van der Waals surface area contributed by atoms with Gasteiger partial charge in [0.25, 0.3) is 11.8 Å². The number of carbonyl (C=O) groups is 2. The molecule has 160 valence electrons. The van der Waals surface area contributed by atoms with Crippen LogP contribution in [0.4, 0.5) is 11.4 Å². The Hall–Kier alpha value is -3.64. The monoisotopic (exact) mass is 418 g/mol. The van der Waals surface area contributed by atoms with Crippen molar-refractivity contribution in [2.24, 2.45) is 0 Å². The van der Waals surface area contributed by atoms with Crippen molar-refractivity contribution in [2.75, 3.05) is 37.1 Å². The van der Waals surface area contributed by atoms with Crippen molar-refractivity contribution in [2.45, 2.75) is 6.92 Å². The van der Waals surface area contributed by atoms with E-state index in [9.17, 15) is 9.59 Å². The van der Waals surface area contributed by atoms with Crippen LogP contribution in [0.5, 0.6) is 5.75 Å². The lowest BCUT2D eigenvalue weighted by Gasteiger charge is -2.17. The van der Waals surface area contributed by atoms with Gasteiger partial charge in [0.1, 0.15) is 12.4 Å². The van der Waals surface area contributed by atoms with E-state index in [-0.39, 0.29) is 11.8 Å². The minimum atomic E-state index is -0.254. The molecular formula is C25H26N2O4. The van der Waals surface area contributed by atoms with Crippen molar-refractivity contribution < 1.29 is 19.1 Å². The van der Waals surface area contributed by atoms with E-state index in [1.165, 1.54) is 0 Å². The maximum atomic E-state index is 12.7. The minimum absolute atomic E-state index is 0.124. The predicted molar refractivity (Wildman–Crippen MR) is 122 cm³/mol. The Morgan fingerprint density at radius 1 is 0.871 bits per heavy atom. The van der Waals surface area contributed by atoms with Crippen molar-refractivity contribution in [3.63, 3.8) is 0 Å². The zero-order chi connectivity index (χ0) is 22.1. The van der Waals surface area contributed by atoms with E-state index in [2.05, 4.69) is 5.32 Å². The number of nitrogens with zero attached hydrogens (tertiary/aromatic N) is 1. The number of para-hydroxylation sites is 1. The molecular weight excluding hydrogens is 392 g/mol. The van der Waals surface area contributed by atoms with E-state index in [0.717, 1.165) is 5.69 Å². The average molecular weight is 418 g/mol. The van der Waals surface area contributed by atoms with Gasteiger partial charge >= 0.3 is 0 Å². The lowest BCUT2D eigenvalue weighted by Crippen LogP contribution is -2.26. The number of hydrogen-bond donors (Lipinski definition) is 1. The van der Waals surface area contributed by atoms with Crippen LogP contribution >= 0.6 is 0 Å².